The fourth-order valence-electron chi connectivity index (χ4n) is 1.38. The van der Waals surface area contributed by atoms with Gasteiger partial charge in [-0.1, -0.05) is 35.0 Å². The zero-order chi connectivity index (χ0) is 12.1. The Kier molecular flexibility index (Phi) is 3.85. The quantitative estimate of drug-likeness (QED) is 0.792. The number of hydrogen-bond acceptors (Lipinski definition) is 5. The first-order valence-corrected chi connectivity index (χ1v) is 5.47. The second-order valence-corrected chi connectivity index (χ2v) is 3.72. The van der Waals surface area contributed by atoms with Crippen molar-refractivity contribution in [2.45, 2.75) is 13.5 Å². The molecule has 0 saturated heterocycles. The van der Waals surface area contributed by atoms with E-state index in [1.807, 2.05) is 31.2 Å². The van der Waals surface area contributed by atoms with Crippen LogP contribution in [0, 0.1) is 6.92 Å². The Morgan fingerprint density at radius 3 is 2.76 bits per heavy atom. The first-order chi connectivity index (χ1) is 8.29. The Balaban J connectivity index is 2.04. The molecule has 5 nitrogen and oxygen atoms in total. The predicted octanol–water partition coefficient (Wildman–Crippen LogP) is 1.52. The summed E-state index contributed by atoms with van der Waals surface area (Å²) in [5.41, 5.74) is 7.44. The maximum Gasteiger partial charge on any atom is 0.252 e. The molecule has 0 bridgehead atoms. The smallest absolute Gasteiger partial charge is 0.252 e. The van der Waals surface area contributed by atoms with Crippen molar-refractivity contribution in [1.29, 1.82) is 0 Å². The Morgan fingerprint density at radius 2 is 2.06 bits per heavy atom. The van der Waals surface area contributed by atoms with Crippen LogP contribution in [-0.2, 0) is 11.3 Å². The van der Waals surface area contributed by atoms with E-state index in [0.717, 1.165) is 5.56 Å². The fraction of sp³-hybridized carbons (Fsp3) is 0.333. The molecule has 2 rings (SSSR count). The first kappa shape index (κ1) is 11.8. The molecule has 0 saturated carbocycles. The Morgan fingerprint density at radius 1 is 1.29 bits per heavy atom. The Bertz CT molecular complexity index is 465. The van der Waals surface area contributed by atoms with Gasteiger partial charge in [0.25, 0.3) is 5.89 Å². The summed E-state index contributed by atoms with van der Waals surface area (Å²) < 4.78 is 10.3. The average Bonchev–Trinajstić information content (AvgIpc) is 2.79. The molecule has 1 aromatic heterocycles. The molecule has 0 spiro atoms. The molecule has 5 heteroatoms. The van der Waals surface area contributed by atoms with Gasteiger partial charge in [-0.05, 0) is 6.92 Å². The largest absolute Gasteiger partial charge is 0.370 e. The van der Waals surface area contributed by atoms with Gasteiger partial charge in [-0.15, -0.1) is 0 Å². The van der Waals surface area contributed by atoms with Crippen molar-refractivity contribution < 1.29 is 9.26 Å². The predicted molar refractivity (Wildman–Crippen MR) is 63.2 cm³/mol. The number of nitrogens with zero attached hydrogens (tertiary/aromatic N) is 2. The maximum absolute atomic E-state index is 5.31. The minimum absolute atomic E-state index is 0.302. The van der Waals surface area contributed by atoms with Crippen LogP contribution in [-0.4, -0.2) is 23.3 Å². The summed E-state index contributed by atoms with van der Waals surface area (Å²) in [4.78, 5) is 4.24. The van der Waals surface area contributed by atoms with Gasteiger partial charge in [0.2, 0.25) is 5.82 Å². The van der Waals surface area contributed by atoms with Crippen molar-refractivity contribution in [2.24, 2.45) is 5.73 Å². The van der Waals surface area contributed by atoms with Crippen LogP contribution >= 0.6 is 0 Å². The number of aryl methyl sites for hydroxylation is 1. The standard InChI is InChI=1S/C12H15N3O2/c1-9-2-4-10(5-3-9)12-14-11(17-15-12)8-16-7-6-13/h2-5H,6-8,13H2,1H3. The third-order valence-corrected chi connectivity index (χ3v) is 2.27. The molecule has 0 radical (unpaired) electrons. The highest BCUT2D eigenvalue weighted by atomic mass is 16.5. The second-order valence-electron chi connectivity index (χ2n) is 3.72. The summed E-state index contributed by atoms with van der Waals surface area (Å²) in [6, 6.07) is 7.95. The van der Waals surface area contributed by atoms with Gasteiger partial charge in [0.05, 0.1) is 6.61 Å². The number of benzene rings is 1. The van der Waals surface area contributed by atoms with Gasteiger partial charge in [-0.25, -0.2) is 0 Å². The van der Waals surface area contributed by atoms with E-state index >= 15 is 0 Å². The summed E-state index contributed by atoms with van der Waals surface area (Å²) >= 11 is 0. The molecule has 0 amide bonds. The van der Waals surface area contributed by atoms with Crippen LogP contribution in [0.5, 0.6) is 0 Å². The lowest BCUT2D eigenvalue weighted by atomic mass is 10.1. The highest BCUT2D eigenvalue weighted by Gasteiger charge is 2.07. The number of nitrogens with two attached hydrogens (primary N) is 1. The molecule has 90 valence electrons. The summed E-state index contributed by atoms with van der Waals surface area (Å²) in [5, 5.41) is 3.90. The van der Waals surface area contributed by atoms with Crippen molar-refractivity contribution >= 4 is 0 Å². The van der Waals surface area contributed by atoms with Crippen LogP contribution in [0.2, 0.25) is 0 Å². The van der Waals surface area contributed by atoms with Gasteiger partial charge < -0.3 is 15.0 Å². The molecule has 1 heterocycles. The topological polar surface area (TPSA) is 74.2 Å². The summed E-state index contributed by atoms with van der Waals surface area (Å²) in [6.45, 7) is 3.31. The van der Waals surface area contributed by atoms with Crippen LogP contribution in [0.1, 0.15) is 11.5 Å². The average molecular weight is 233 g/mol. The molecule has 0 fully saturated rings. The van der Waals surface area contributed by atoms with Gasteiger partial charge in [-0.2, -0.15) is 4.98 Å². The minimum Gasteiger partial charge on any atom is -0.370 e. The minimum atomic E-state index is 0.302. The normalized spacial score (nSPS) is 10.7. The van der Waals surface area contributed by atoms with Crippen LogP contribution in [0.25, 0.3) is 11.4 Å². The van der Waals surface area contributed by atoms with Crippen LogP contribution in [0.3, 0.4) is 0 Å². The fourth-order valence-corrected chi connectivity index (χ4v) is 1.38. The van der Waals surface area contributed by atoms with Gasteiger partial charge >= 0.3 is 0 Å². The van der Waals surface area contributed by atoms with Gasteiger partial charge in [0.1, 0.15) is 6.61 Å². The van der Waals surface area contributed by atoms with E-state index in [9.17, 15) is 0 Å². The van der Waals surface area contributed by atoms with Crippen LogP contribution < -0.4 is 5.73 Å². The van der Waals surface area contributed by atoms with Crippen LogP contribution in [0.4, 0.5) is 0 Å². The lowest BCUT2D eigenvalue weighted by Crippen LogP contribution is -2.08. The first-order valence-electron chi connectivity index (χ1n) is 5.47. The van der Waals surface area contributed by atoms with Gasteiger partial charge in [-0.3, -0.25) is 0 Å². The second kappa shape index (κ2) is 5.56. The number of hydrogen-bond donors (Lipinski definition) is 1. The Hall–Kier alpha value is -1.72. The number of ether oxygens (including phenoxy) is 1. The SMILES string of the molecule is Cc1ccc(-c2noc(COCCN)n2)cc1. The number of rotatable bonds is 5. The monoisotopic (exact) mass is 233 g/mol. The lowest BCUT2D eigenvalue weighted by molar-refractivity contribution is 0.104. The molecule has 17 heavy (non-hydrogen) atoms. The molecule has 2 N–H and O–H groups in total. The molecule has 0 aliphatic heterocycles. The van der Waals surface area contributed by atoms with Crippen molar-refractivity contribution in [3.63, 3.8) is 0 Å². The highest BCUT2D eigenvalue weighted by Crippen LogP contribution is 2.16. The third kappa shape index (κ3) is 3.12. The van der Waals surface area contributed by atoms with Gasteiger partial charge in [0.15, 0.2) is 0 Å². The molecule has 0 atom stereocenters. The molecular weight excluding hydrogens is 218 g/mol. The van der Waals surface area contributed by atoms with Crippen molar-refractivity contribution in [3.05, 3.63) is 35.7 Å². The van der Waals surface area contributed by atoms with E-state index in [1.165, 1.54) is 5.56 Å². The van der Waals surface area contributed by atoms with E-state index in [1.54, 1.807) is 0 Å². The van der Waals surface area contributed by atoms with Crippen LogP contribution in [0.15, 0.2) is 28.8 Å². The van der Waals surface area contributed by atoms with E-state index < -0.39 is 0 Å². The van der Waals surface area contributed by atoms with E-state index in [-0.39, 0.29) is 0 Å². The molecule has 0 unspecified atom stereocenters. The van der Waals surface area contributed by atoms with Gasteiger partial charge in [0, 0.05) is 12.1 Å². The Labute approximate surface area is 99.6 Å². The highest BCUT2D eigenvalue weighted by molar-refractivity contribution is 5.54. The molecule has 0 aliphatic rings. The van der Waals surface area contributed by atoms with Crippen molar-refractivity contribution in [1.82, 2.24) is 10.1 Å². The maximum atomic E-state index is 5.31. The summed E-state index contributed by atoms with van der Waals surface area (Å²) in [6.07, 6.45) is 0. The van der Waals surface area contributed by atoms with E-state index in [2.05, 4.69) is 10.1 Å². The number of aromatic nitrogens is 2. The molecule has 1 aromatic carbocycles. The zero-order valence-corrected chi connectivity index (χ0v) is 9.72. The van der Waals surface area contributed by atoms with Crippen molar-refractivity contribution in [3.8, 4) is 11.4 Å². The summed E-state index contributed by atoms with van der Waals surface area (Å²) in [7, 11) is 0. The zero-order valence-electron chi connectivity index (χ0n) is 9.72. The van der Waals surface area contributed by atoms with E-state index in [4.69, 9.17) is 15.0 Å². The lowest BCUT2D eigenvalue weighted by Gasteiger charge is -1.96. The van der Waals surface area contributed by atoms with Crippen molar-refractivity contribution in [2.75, 3.05) is 13.2 Å². The molecular formula is C12H15N3O2. The summed E-state index contributed by atoms with van der Waals surface area (Å²) in [5.74, 6) is 1.05. The molecule has 0 aliphatic carbocycles. The third-order valence-electron chi connectivity index (χ3n) is 2.27. The van der Waals surface area contributed by atoms with E-state index in [0.29, 0.717) is 31.5 Å². The molecule has 2 aromatic rings.